The number of hydrogen-bond acceptors (Lipinski definition) is 2. The van der Waals surface area contributed by atoms with Gasteiger partial charge in [0.05, 0.1) is 0 Å². The maximum Gasteiger partial charge on any atom is 0.0436 e. The molecule has 3 heteroatoms. The van der Waals surface area contributed by atoms with Gasteiger partial charge in [-0.1, -0.05) is 23.7 Å². The molecule has 2 saturated carbocycles. The van der Waals surface area contributed by atoms with E-state index in [1.807, 2.05) is 12.1 Å². The predicted molar refractivity (Wildman–Crippen MR) is 78.6 cm³/mol. The first-order valence-corrected chi connectivity index (χ1v) is 7.68. The van der Waals surface area contributed by atoms with Crippen LogP contribution in [-0.4, -0.2) is 24.3 Å². The van der Waals surface area contributed by atoms with Crippen molar-refractivity contribution in [3.05, 3.63) is 34.9 Å². The maximum absolute atomic E-state index is 9.05. The molecule has 0 amide bonds. The van der Waals surface area contributed by atoms with E-state index in [1.165, 1.54) is 31.2 Å². The Bertz CT molecular complexity index is 421. The molecule has 0 aromatic heterocycles. The van der Waals surface area contributed by atoms with Crippen molar-refractivity contribution in [2.45, 2.75) is 44.1 Å². The molecular weight excluding hydrogens is 258 g/mol. The van der Waals surface area contributed by atoms with Gasteiger partial charge >= 0.3 is 0 Å². The van der Waals surface area contributed by atoms with Crippen molar-refractivity contribution >= 4 is 11.6 Å². The van der Waals surface area contributed by atoms with Crippen molar-refractivity contribution in [2.75, 3.05) is 13.2 Å². The number of halogens is 1. The van der Waals surface area contributed by atoms with Crippen molar-refractivity contribution < 1.29 is 5.11 Å². The third-order valence-electron chi connectivity index (χ3n) is 4.84. The van der Waals surface area contributed by atoms with E-state index in [0.29, 0.717) is 24.0 Å². The van der Waals surface area contributed by atoms with Gasteiger partial charge in [-0.15, -0.1) is 0 Å². The van der Waals surface area contributed by atoms with Gasteiger partial charge in [0.2, 0.25) is 0 Å². The van der Waals surface area contributed by atoms with Crippen LogP contribution in [0.5, 0.6) is 0 Å². The van der Waals surface area contributed by atoms with E-state index in [4.69, 9.17) is 16.7 Å². The second-order valence-electron chi connectivity index (χ2n) is 6.27. The Hall–Kier alpha value is -0.570. The zero-order valence-electron chi connectivity index (χ0n) is 11.2. The van der Waals surface area contributed by atoms with E-state index in [1.54, 1.807) is 0 Å². The highest BCUT2D eigenvalue weighted by atomic mass is 35.5. The Morgan fingerprint density at radius 3 is 2.47 bits per heavy atom. The summed E-state index contributed by atoms with van der Waals surface area (Å²) in [5.74, 6) is 0.697. The van der Waals surface area contributed by atoms with Crippen LogP contribution in [0.1, 0.15) is 43.6 Å². The molecule has 19 heavy (non-hydrogen) atoms. The Labute approximate surface area is 120 Å². The minimum atomic E-state index is 0.333. The fourth-order valence-corrected chi connectivity index (χ4v) is 3.21. The third-order valence-corrected chi connectivity index (χ3v) is 5.10. The highest BCUT2D eigenvalue weighted by molar-refractivity contribution is 6.30. The van der Waals surface area contributed by atoms with E-state index < -0.39 is 0 Å². The summed E-state index contributed by atoms with van der Waals surface area (Å²) in [5, 5.41) is 13.6. The molecular formula is C16H22ClNO. The van der Waals surface area contributed by atoms with Crippen molar-refractivity contribution in [1.29, 1.82) is 0 Å². The molecule has 3 rings (SSSR count). The lowest BCUT2D eigenvalue weighted by Gasteiger charge is -2.37. The van der Waals surface area contributed by atoms with Crippen LogP contribution >= 0.6 is 11.6 Å². The summed E-state index contributed by atoms with van der Waals surface area (Å²) in [6.07, 6.45) is 6.00. The van der Waals surface area contributed by atoms with Crippen molar-refractivity contribution in [3.63, 3.8) is 0 Å². The van der Waals surface area contributed by atoms with E-state index in [-0.39, 0.29) is 0 Å². The van der Waals surface area contributed by atoms with E-state index >= 15 is 0 Å². The number of aliphatic hydroxyl groups excluding tert-OH is 1. The van der Waals surface area contributed by atoms with Crippen LogP contribution < -0.4 is 5.32 Å². The predicted octanol–water partition coefficient (Wildman–Crippen LogP) is 3.34. The highest BCUT2D eigenvalue weighted by Crippen LogP contribution is 2.48. The van der Waals surface area contributed by atoms with E-state index in [2.05, 4.69) is 17.4 Å². The highest BCUT2D eigenvalue weighted by Gasteiger charge is 2.42. The zero-order valence-corrected chi connectivity index (χ0v) is 12.0. The van der Waals surface area contributed by atoms with Gasteiger partial charge in [0.1, 0.15) is 0 Å². The summed E-state index contributed by atoms with van der Waals surface area (Å²) >= 11 is 5.91. The number of hydrogen-bond donors (Lipinski definition) is 2. The average Bonchev–Trinajstić information content (AvgIpc) is 3.10. The molecule has 2 fully saturated rings. The summed E-state index contributed by atoms with van der Waals surface area (Å²) in [4.78, 5) is 0. The van der Waals surface area contributed by atoms with Crippen molar-refractivity contribution in [2.24, 2.45) is 5.41 Å². The summed E-state index contributed by atoms with van der Waals surface area (Å²) in [6.45, 7) is 1.42. The molecule has 2 aliphatic rings. The summed E-state index contributed by atoms with van der Waals surface area (Å²) in [6, 6.07) is 8.93. The average molecular weight is 280 g/mol. The minimum Gasteiger partial charge on any atom is -0.396 e. The van der Waals surface area contributed by atoms with Gasteiger partial charge in [-0.2, -0.15) is 0 Å². The summed E-state index contributed by atoms with van der Waals surface area (Å²) < 4.78 is 0. The first kappa shape index (κ1) is 13.4. The quantitative estimate of drug-likeness (QED) is 0.837. The fraction of sp³-hybridized carbons (Fsp3) is 0.625. The second kappa shape index (κ2) is 5.43. The lowest BCUT2D eigenvalue weighted by molar-refractivity contribution is 0.224. The first-order valence-electron chi connectivity index (χ1n) is 7.30. The van der Waals surface area contributed by atoms with Gasteiger partial charge in [0.15, 0.2) is 0 Å². The van der Waals surface area contributed by atoms with Crippen LogP contribution in [0, 0.1) is 5.41 Å². The van der Waals surface area contributed by atoms with Crippen LogP contribution in [0.2, 0.25) is 5.02 Å². The largest absolute Gasteiger partial charge is 0.396 e. The Balaban J connectivity index is 1.42. The zero-order chi connectivity index (χ0) is 13.3. The van der Waals surface area contributed by atoms with Crippen LogP contribution in [-0.2, 0) is 0 Å². The molecule has 2 nitrogen and oxygen atoms in total. The lowest BCUT2D eigenvalue weighted by atomic mass is 9.75. The molecule has 0 atom stereocenters. The molecule has 0 spiro atoms. The Morgan fingerprint density at radius 2 is 1.89 bits per heavy atom. The SMILES string of the molecule is OCCC1(CNC2CC(c3ccc(Cl)cc3)C2)CC1. The van der Waals surface area contributed by atoms with Crippen molar-refractivity contribution in [1.82, 2.24) is 5.32 Å². The molecule has 1 aromatic carbocycles. The van der Waals surface area contributed by atoms with Crippen molar-refractivity contribution in [3.8, 4) is 0 Å². The lowest BCUT2D eigenvalue weighted by Crippen LogP contribution is -2.42. The Kier molecular flexibility index (Phi) is 3.84. The number of benzene rings is 1. The van der Waals surface area contributed by atoms with Crippen LogP contribution in [0.4, 0.5) is 0 Å². The third kappa shape index (κ3) is 3.13. The van der Waals surface area contributed by atoms with E-state index in [9.17, 15) is 0 Å². The molecule has 2 aliphatic carbocycles. The molecule has 0 aliphatic heterocycles. The Morgan fingerprint density at radius 1 is 1.21 bits per heavy atom. The molecule has 0 unspecified atom stereocenters. The van der Waals surface area contributed by atoms with Gasteiger partial charge in [0.25, 0.3) is 0 Å². The standard InChI is InChI=1S/C16H22ClNO/c17-14-3-1-12(2-4-14)13-9-15(10-13)18-11-16(5-6-16)7-8-19/h1-4,13,15,18-19H,5-11H2. The summed E-state index contributed by atoms with van der Waals surface area (Å²) in [7, 11) is 0. The number of nitrogens with one attached hydrogen (secondary N) is 1. The second-order valence-corrected chi connectivity index (χ2v) is 6.71. The summed E-state index contributed by atoms with van der Waals surface area (Å²) in [5.41, 5.74) is 1.85. The van der Waals surface area contributed by atoms with Gasteiger partial charge in [-0.25, -0.2) is 0 Å². The molecule has 0 bridgehead atoms. The topological polar surface area (TPSA) is 32.3 Å². The number of rotatable bonds is 6. The van der Waals surface area contributed by atoms with E-state index in [0.717, 1.165) is 18.0 Å². The molecule has 0 heterocycles. The molecule has 0 radical (unpaired) electrons. The molecule has 104 valence electrons. The van der Waals surface area contributed by atoms with Gasteiger partial charge < -0.3 is 10.4 Å². The maximum atomic E-state index is 9.05. The minimum absolute atomic E-state index is 0.333. The molecule has 0 saturated heterocycles. The van der Waals surface area contributed by atoms with Gasteiger partial charge in [0, 0.05) is 24.2 Å². The van der Waals surface area contributed by atoms with Crippen LogP contribution in [0.3, 0.4) is 0 Å². The first-order chi connectivity index (χ1) is 9.21. The normalized spacial score (nSPS) is 27.9. The van der Waals surface area contributed by atoms with Gasteiger partial charge in [-0.05, 0) is 61.1 Å². The smallest absolute Gasteiger partial charge is 0.0436 e. The van der Waals surface area contributed by atoms with Crippen LogP contribution in [0.25, 0.3) is 0 Å². The van der Waals surface area contributed by atoms with Gasteiger partial charge in [-0.3, -0.25) is 0 Å². The molecule has 1 aromatic rings. The molecule has 2 N–H and O–H groups in total. The fourth-order valence-electron chi connectivity index (χ4n) is 3.08. The number of aliphatic hydroxyl groups is 1. The monoisotopic (exact) mass is 279 g/mol. The van der Waals surface area contributed by atoms with Crippen LogP contribution in [0.15, 0.2) is 24.3 Å².